The molecule has 0 heterocycles. The number of amides is 1. The second-order valence-electron chi connectivity index (χ2n) is 8.83. The SMILES string of the molecule is COc1ccc(S(=O)(=O)N(CC(=O)N[C@@H](c2ccccc2)c2ccc(C)cc2)c2ccc(Cl)cc2)cc1OC. The summed E-state index contributed by atoms with van der Waals surface area (Å²) in [5.41, 5.74) is 3.12. The van der Waals surface area contributed by atoms with Crippen molar-refractivity contribution in [3.8, 4) is 11.5 Å². The van der Waals surface area contributed by atoms with Crippen LogP contribution in [0.5, 0.6) is 11.5 Å². The van der Waals surface area contributed by atoms with Gasteiger partial charge in [-0.25, -0.2) is 8.42 Å². The van der Waals surface area contributed by atoms with Crippen LogP contribution >= 0.6 is 11.6 Å². The summed E-state index contributed by atoms with van der Waals surface area (Å²) in [6.07, 6.45) is 0. The Kier molecular flexibility index (Phi) is 8.79. The minimum absolute atomic E-state index is 0.0546. The number of hydrogen-bond acceptors (Lipinski definition) is 5. The average molecular weight is 565 g/mol. The van der Waals surface area contributed by atoms with E-state index in [2.05, 4.69) is 5.32 Å². The highest BCUT2D eigenvalue weighted by Crippen LogP contribution is 2.32. The molecule has 0 aliphatic rings. The molecule has 1 atom stereocenters. The van der Waals surface area contributed by atoms with Crippen LogP contribution in [-0.2, 0) is 14.8 Å². The third-order valence-electron chi connectivity index (χ3n) is 6.19. The van der Waals surface area contributed by atoms with E-state index in [0.717, 1.165) is 21.0 Å². The molecule has 202 valence electrons. The smallest absolute Gasteiger partial charge is 0.264 e. The summed E-state index contributed by atoms with van der Waals surface area (Å²) < 4.78 is 39.4. The van der Waals surface area contributed by atoms with Gasteiger partial charge in [0.1, 0.15) is 6.54 Å². The Balaban J connectivity index is 1.70. The summed E-state index contributed by atoms with van der Waals surface area (Å²) in [6, 6.07) is 27.4. The Morgan fingerprint density at radius 3 is 2.08 bits per heavy atom. The lowest BCUT2D eigenvalue weighted by molar-refractivity contribution is -0.120. The number of halogens is 1. The van der Waals surface area contributed by atoms with E-state index in [9.17, 15) is 13.2 Å². The Bertz CT molecular complexity index is 1530. The van der Waals surface area contributed by atoms with Crippen molar-refractivity contribution in [2.24, 2.45) is 0 Å². The van der Waals surface area contributed by atoms with Gasteiger partial charge in [-0.2, -0.15) is 0 Å². The summed E-state index contributed by atoms with van der Waals surface area (Å²) in [5, 5.41) is 3.47. The number of ether oxygens (including phenoxy) is 2. The number of carbonyl (C=O) groups is 1. The van der Waals surface area contributed by atoms with Gasteiger partial charge in [0.2, 0.25) is 5.91 Å². The van der Waals surface area contributed by atoms with E-state index in [1.807, 2.05) is 61.5 Å². The summed E-state index contributed by atoms with van der Waals surface area (Å²) in [6.45, 7) is 1.52. The van der Waals surface area contributed by atoms with Gasteiger partial charge in [0.15, 0.2) is 11.5 Å². The fourth-order valence-electron chi connectivity index (χ4n) is 4.13. The molecule has 1 amide bonds. The molecule has 4 rings (SSSR count). The van der Waals surface area contributed by atoms with Crippen molar-refractivity contribution in [3.05, 3.63) is 119 Å². The molecule has 0 aliphatic heterocycles. The van der Waals surface area contributed by atoms with Crippen LogP contribution < -0.4 is 19.1 Å². The number of rotatable bonds is 10. The minimum Gasteiger partial charge on any atom is -0.493 e. The van der Waals surface area contributed by atoms with Crippen molar-refractivity contribution < 1.29 is 22.7 Å². The molecule has 4 aromatic rings. The normalized spacial score (nSPS) is 11.9. The Morgan fingerprint density at radius 1 is 0.846 bits per heavy atom. The number of methoxy groups -OCH3 is 2. The first-order valence-corrected chi connectivity index (χ1v) is 14.0. The number of nitrogens with zero attached hydrogens (tertiary/aromatic N) is 1. The van der Waals surface area contributed by atoms with E-state index in [-0.39, 0.29) is 16.3 Å². The molecule has 39 heavy (non-hydrogen) atoms. The second kappa shape index (κ2) is 12.2. The second-order valence-corrected chi connectivity index (χ2v) is 11.1. The highest BCUT2D eigenvalue weighted by atomic mass is 35.5. The van der Waals surface area contributed by atoms with Crippen LogP contribution in [0.4, 0.5) is 5.69 Å². The molecule has 0 bridgehead atoms. The fraction of sp³-hybridized carbons (Fsp3) is 0.167. The highest BCUT2D eigenvalue weighted by Gasteiger charge is 2.29. The summed E-state index contributed by atoms with van der Waals surface area (Å²) in [5.74, 6) is 0.155. The van der Waals surface area contributed by atoms with Crippen LogP contribution in [0.1, 0.15) is 22.7 Å². The average Bonchev–Trinajstić information content (AvgIpc) is 2.95. The molecule has 4 aromatic carbocycles. The molecule has 0 aliphatic carbocycles. The lowest BCUT2D eigenvalue weighted by Gasteiger charge is -2.26. The zero-order valence-corrected chi connectivity index (χ0v) is 23.4. The number of nitrogens with one attached hydrogen (secondary N) is 1. The van der Waals surface area contributed by atoms with Crippen LogP contribution in [0, 0.1) is 6.92 Å². The molecule has 0 saturated heterocycles. The standard InChI is InChI=1S/C30H29ClN2O5S/c1-21-9-11-23(12-10-21)30(22-7-5-4-6-8-22)32-29(34)20-33(25-15-13-24(31)14-16-25)39(35,36)26-17-18-27(37-2)28(19-26)38-3/h4-19,30H,20H2,1-3H3,(H,32,34)/t30-/m0/s1. The molecular formula is C30H29ClN2O5S. The van der Waals surface area contributed by atoms with E-state index in [1.165, 1.54) is 32.4 Å². The monoisotopic (exact) mass is 564 g/mol. The quantitative estimate of drug-likeness (QED) is 0.264. The van der Waals surface area contributed by atoms with E-state index in [4.69, 9.17) is 21.1 Å². The minimum atomic E-state index is -4.20. The van der Waals surface area contributed by atoms with Gasteiger partial charge in [0, 0.05) is 11.1 Å². The van der Waals surface area contributed by atoms with E-state index < -0.39 is 28.5 Å². The van der Waals surface area contributed by atoms with Gasteiger partial charge in [-0.3, -0.25) is 9.10 Å². The molecule has 0 spiro atoms. The van der Waals surface area contributed by atoms with Crippen molar-refractivity contribution in [2.45, 2.75) is 17.9 Å². The zero-order chi connectivity index (χ0) is 28.0. The Hall–Kier alpha value is -4.01. The molecular weight excluding hydrogens is 536 g/mol. The number of sulfonamides is 1. The van der Waals surface area contributed by atoms with E-state index in [1.54, 1.807) is 24.3 Å². The maximum absolute atomic E-state index is 13.9. The zero-order valence-electron chi connectivity index (χ0n) is 21.8. The molecule has 0 radical (unpaired) electrons. The highest BCUT2D eigenvalue weighted by molar-refractivity contribution is 7.92. The lowest BCUT2D eigenvalue weighted by Crippen LogP contribution is -2.42. The third-order valence-corrected chi connectivity index (χ3v) is 8.22. The van der Waals surface area contributed by atoms with Gasteiger partial charge in [-0.15, -0.1) is 0 Å². The van der Waals surface area contributed by atoms with Crippen molar-refractivity contribution in [2.75, 3.05) is 25.1 Å². The summed E-state index contributed by atoms with van der Waals surface area (Å²) >= 11 is 6.06. The van der Waals surface area contributed by atoms with Crippen LogP contribution in [0.2, 0.25) is 5.02 Å². The van der Waals surface area contributed by atoms with Gasteiger partial charge < -0.3 is 14.8 Å². The summed E-state index contributed by atoms with van der Waals surface area (Å²) in [7, 11) is -1.31. The summed E-state index contributed by atoms with van der Waals surface area (Å²) in [4.78, 5) is 13.5. The van der Waals surface area contributed by atoms with E-state index >= 15 is 0 Å². The van der Waals surface area contributed by atoms with Gasteiger partial charge in [0.25, 0.3) is 10.0 Å². The number of carbonyl (C=O) groups excluding carboxylic acids is 1. The van der Waals surface area contributed by atoms with Crippen molar-refractivity contribution in [3.63, 3.8) is 0 Å². The molecule has 1 N–H and O–H groups in total. The van der Waals surface area contributed by atoms with Crippen LogP contribution in [0.25, 0.3) is 0 Å². The van der Waals surface area contributed by atoms with Crippen molar-refractivity contribution in [1.29, 1.82) is 0 Å². The number of benzene rings is 4. The molecule has 9 heteroatoms. The number of anilines is 1. The van der Waals surface area contributed by atoms with Gasteiger partial charge >= 0.3 is 0 Å². The predicted octanol–water partition coefficient (Wildman–Crippen LogP) is 5.77. The molecule has 0 unspecified atom stereocenters. The molecule has 0 saturated carbocycles. The van der Waals surface area contributed by atoms with Gasteiger partial charge in [0.05, 0.1) is 30.8 Å². The first-order chi connectivity index (χ1) is 18.7. The predicted molar refractivity (Wildman–Crippen MR) is 153 cm³/mol. The van der Waals surface area contributed by atoms with Gasteiger partial charge in [-0.1, -0.05) is 71.8 Å². The van der Waals surface area contributed by atoms with Crippen molar-refractivity contribution in [1.82, 2.24) is 5.32 Å². The molecule has 0 aromatic heterocycles. The van der Waals surface area contributed by atoms with Crippen LogP contribution in [0.15, 0.2) is 102 Å². The van der Waals surface area contributed by atoms with Crippen molar-refractivity contribution >= 4 is 33.2 Å². The molecule has 0 fully saturated rings. The number of hydrogen-bond donors (Lipinski definition) is 1. The number of aryl methyl sites for hydroxylation is 1. The topological polar surface area (TPSA) is 84.9 Å². The maximum Gasteiger partial charge on any atom is 0.264 e. The fourth-order valence-corrected chi connectivity index (χ4v) is 5.69. The third kappa shape index (κ3) is 6.53. The molecule has 7 nitrogen and oxygen atoms in total. The maximum atomic E-state index is 13.9. The Labute approximate surface area is 234 Å². The lowest BCUT2D eigenvalue weighted by atomic mass is 9.98. The van der Waals surface area contributed by atoms with Crippen LogP contribution in [-0.4, -0.2) is 35.1 Å². The largest absolute Gasteiger partial charge is 0.493 e. The first-order valence-electron chi connectivity index (χ1n) is 12.1. The first kappa shape index (κ1) is 28.0. The Morgan fingerprint density at radius 2 is 1.46 bits per heavy atom. The van der Waals surface area contributed by atoms with E-state index in [0.29, 0.717) is 10.8 Å². The van der Waals surface area contributed by atoms with Gasteiger partial charge in [-0.05, 0) is 54.4 Å². The van der Waals surface area contributed by atoms with Crippen LogP contribution in [0.3, 0.4) is 0 Å².